The fraction of sp³-hybridized carbons (Fsp3) is 0.357. The summed E-state index contributed by atoms with van der Waals surface area (Å²) in [7, 11) is 1.17. The van der Waals surface area contributed by atoms with Gasteiger partial charge in [-0.15, -0.1) is 0 Å². The standard InChI is InChI=1S/C14H15F3N2O4/c1-7(13(22)23)19(3)12(21)9-4-10(14(15,16)17)6-11(5-9)18-8(2)20/h4-7H,1-3H3,(H,18,20)(H,22,23). The van der Waals surface area contributed by atoms with E-state index < -0.39 is 35.6 Å². The van der Waals surface area contributed by atoms with Crippen LogP contribution in [0.2, 0.25) is 0 Å². The molecular weight excluding hydrogens is 317 g/mol. The van der Waals surface area contributed by atoms with E-state index in [4.69, 9.17) is 5.11 Å². The molecule has 0 saturated carbocycles. The second-order valence-electron chi connectivity index (χ2n) is 4.91. The smallest absolute Gasteiger partial charge is 0.416 e. The molecule has 0 aliphatic heterocycles. The largest absolute Gasteiger partial charge is 0.480 e. The number of hydrogen-bond donors (Lipinski definition) is 2. The van der Waals surface area contributed by atoms with Crippen molar-refractivity contribution in [2.24, 2.45) is 0 Å². The summed E-state index contributed by atoms with van der Waals surface area (Å²) in [6.07, 6.45) is -4.72. The van der Waals surface area contributed by atoms with Gasteiger partial charge in [-0.3, -0.25) is 9.59 Å². The molecule has 0 heterocycles. The number of carboxylic acid groups (broad SMARTS) is 1. The summed E-state index contributed by atoms with van der Waals surface area (Å²) in [6.45, 7) is 2.34. The third kappa shape index (κ3) is 4.70. The lowest BCUT2D eigenvalue weighted by molar-refractivity contribution is -0.141. The van der Waals surface area contributed by atoms with Crippen LogP contribution >= 0.6 is 0 Å². The van der Waals surface area contributed by atoms with Crippen LogP contribution in [0.1, 0.15) is 29.8 Å². The molecule has 0 aliphatic rings. The summed E-state index contributed by atoms with van der Waals surface area (Å²) in [4.78, 5) is 34.9. The Hall–Kier alpha value is -2.58. The van der Waals surface area contributed by atoms with Crippen LogP contribution in [0.3, 0.4) is 0 Å². The van der Waals surface area contributed by atoms with Gasteiger partial charge in [0.2, 0.25) is 5.91 Å². The van der Waals surface area contributed by atoms with E-state index in [1.165, 1.54) is 14.0 Å². The maximum atomic E-state index is 12.9. The molecule has 1 aromatic rings. The van der Waals surface area contributed by atoms with Crippen molar-refractivity contribution in [3.05, 3.63) is 29.3 Å². The molecule has 0 saturated heterocycles. The zero-order valence-electron chi connectivity index (χ0n) is 12.6. The predicted octanol–water partition coefficient (Wildman–Crippen LogP) is 2.21. The normalized spacial score (nSPS) is 12.4. The minimum Gasteiger partial charge on any atom is -0.480 e. The monoisotopic (exact) mass is 332 g/mol. The fourth-order valence-corrected chi connectivity index (χ4v) is 1.74. The maximum Gasteiger partial charge on any atom is 0.416 e. The zero-order valence-corrected chi connectivity index (χ0v) is 12.6. The van der Waals surface area contributed by atoms with Crippen molar-refractivity contribution in [2.45, 2.75) is 26.1 Å². The Kier molecular flexibility index (Phi) is 5.36. The second kappa shape index (κ2) is 6.67. The first-order valence-electron chi connectivity index (χ1n) is 6.43. The Balaban J connectivity index is 3.31. The molecule has 1 aromatic carbocycles. The van der Waals surface area contributed by atoms with Crippen LogP contribution in [0.25, 0.3) is 0 Å². The minimum atomic E-state index is -4.72. The number of nitrogens with zero attached hydrogens (tertiary/aromatic N) is 1. The summed E-state index contributed by atoms with van der Waals surface area (Å²) >= 11 is 0. The molecule has 126 valence electrons. The number of benzene rings is 1. The summed E-state index contributed by atoms with van der Waals surface area (Å²) in [6, 6.07) is 1.14. The number of nitrogens with one attached hydrogen (secondary N) is 1. The van der Waals surface area contributed by atoms with E-state index in [2.05, 4.69) is 5.32 Å². The summed E-state index contributed by atoms with van der Waals surface area (Å²) in [5.74, 6) is -2.80. The third-order valence-corrected chi connectivity index (χ3v) is 3.09. The van der Waals surface area contributed by atoms with Gasteiger partial charge in [0.15, 0.2) is 0 Å². The van der Waals surface area contributed by atoms with Gasteiger partial charge < -0.3 is 15.3 Å². The van der Waals surface area contributed by atoms with Crippen molar-refractivity contribution in [3.63, 3.8) is 0 Å². The lowest BCUT2D eigenvalue weighted by Crippen LogP contribution is -2.40. The van der Waals surface area contributed by atoms with Crippen LogP contribution < -0.4 is 5.32 Å². The number of carboxylic acids is 1. The van der Waals surface area contributed by atoms with Gasteiger partial charge in [0.05, 0.1) is 5.56 Å². The summed E-state index contributed by atoms with van der Waals surface area (Å²) in [5, 5.41) is 11.1. The van der Waals surface area contributed by atoms with Gasteiger partial charge in [-0.1, -0.05) is 0 Å². The van der Waals surface area contributed by atoms with E-state index in [1.807, 2.05) is 0 Å². The van der Waals surface area contributed by atoms with Crippen LogP contribution in [-0.2, 0) is 15.8 Å². The molecular formula is C14H15F3N2O4. The van der Waals surface area contributed by atoms with E-state index >= 15 is 0 Å². The van der Waals surface area contributed by atoms with E-state index in [1.54, 1.807) is 0 Å². The molecule has 1 rings (SSSR count). The van der Waals surface area contributed by atoms with Crippen molar-refractivity contribution in [3.8, 4) is 0 Å². The number of carbonyl (C=O) groups excluding carboxylic acids is 2. The number of anilines is 1. The molecule has 1 atom stereocenters. The Labute approximate surface area is 129 Å². The number of rotatable bonds is 4. The van der Waals surface area contributed by atoms with E-state index in [0.717, 1.165) is 17.9 Å². The quantitative estimate of drug-likeness (QED) is 0.885. The van der Waals surface area contributed by atoms with Crippen LogP contribution in [-0.4, -0.2) is 40.9 Å². The van der Waals surface area contributed by atoms with Gasteiger partial charge in [0.25, 0.3) is 5.91 Å². The molecule has 0 aliphatic carbocycles. The van der Waals surface area contributed by atoms with Gasteiger partial charge >= 0.3 is 12.1 Å². The Bertz CT molecular complexity index is 643. The average Bonchev–Trinajstić information content (AvgIpc) is 2.42. The van der Waals surface area contributed by atoms with Crippen LogP contribution in [0.5, 0.6) is 0 Å². The van der Waals surface area contributed by atoms with Gasteiger partial charge in [0, 0.05) is 25.2 Å². The van der Waals surface area contributed by atoms with E-state index in [-0.39, 0.29) is 11.3 Å². The highest BCUT2D eigenvalue weighted by molar-refractivity contribution is 5.98. The Morgan fingerprint density at radius 3 is 2.22 bits per heavy atom. The average molecular weight is 332 g/mol. The van der Waals surface area contributed by atoms with Gasteiger partial charge in [-0.2, -0.15) is 13.2 Å². The molecule has 0 fully saturated rings. The Morgan fingerprint density at radius 2 is 1.78 bits per heavy atom. The van der Waals surface area contributed by atoms with E-state index in [0.29, 0.717) is 12.1 Å². The number of amides is 2. The van der Waals surface area contributed by atoms with Crippen molar-refractivity contribution >= 4 is 23.5 Å². The highest BCUT2D eigenvalue weighted by Crippen LogP contribution is 2.32. The highest BCUT2D eigenvalue weighted by Gasteiger charge is 2.33. The van der Waals surface area contributed by atoms with Crippen molar-refractivity contribution in [1.82, 2.24) is 4.90 Å². The SMILES string of the molecule is CC(=O)Nc1cc(C(=O)N(C)C(C)C(=O)O)cc(C(F)(F)F)c1. The zero-order chi connectivity index (χ0) is 17.9. The number of alkyl halides is 3. The van der Waals surface area contributed by atoms with Crippen molar-refractivity contribution in [2.75, 3.05) is 12.4 Å². The lowest BCUT2D eigenvalue weighted by atomic mass is 10.1. The third-order valence-electron chi connectivity index (χ3n) is 3.09. The van der Waals surface area contributed by atoms with E-state index in [9.17, 15) is 27.6 Å². The predicted molar refractivity (Wildman–Crippen MR) is 74.9 cm³/mol. The first-order valence-corrected chi connectivity index (χ1v) is 6.43. The molecule has 0 bridgehead atoms. The van der Waals surface area contributed by atoms with Crippen LogP contribution in [0, 0.1) is 0 Å². The molecule has 2 amide bonds. The number of aliphatic carboxylic acids is 1. The molecule has 23 heavy (non-hydrogen) atoms. The summed E-state index contributed by atoms with van der Waals surface area (Å²) < 4.78 is 38.7. The molecule has 2 N–H and O–H groups in total. The number of halogens is 3. The molecule has 0 aromatic heterocycles. The van der Waals surface area contributed by atoms with Crippen LogP contribution in [0.15, 0.2) is 18.2 Å². The highest BCUT2D eigenvalue weighted by atomic mass is 19.4. The minimum absolute atomic E-state index is 0.202. The lowest BCUT2D eigenvalue weighted by Gasteiger charge is -2.22. The first kappa shape index (κ1) is 18.5. The summed E-state index contributed by atoms with van der Waals surface area (Å²) in [5.41, 5.74) is -1.70. The molecule has 1 unspecified atom stereocenters. The number of hydrogen-bond acceptors (Lipinski definition) is 3. The second-order valence-corrected chi connectivity index (χ2v) is 4.91. The molecule has 6 nitrogen and oxygen atoms in total. The van der Waals surface area contributed by atoms with Gasteiger partial charge in [-0.05, 0) is 25.1 Å². The first-order chi connectivity index (χ1) is 10.4. The van der Waals surface area contributed by atoms with Crippen molar-refractivity contribution in [1.29, 1.82) is 0 Å². The topological polar surface area (TPSA) is 86.7 Å². The van der Waals surface area contributed by atoms with Crippen LogP contribution in [0.4, 0.5) is 18.9 Å². The molecule has 0 spiro atoms. The van der Waals surface area contributed by atoms with Gasteiger partial charge in [0.1, 0.15) is 6.04 Å². The molecule has 9 heteroatoms. The Morgan fingerprint density at radius 1 is 1.22 bits per heavy atom. The number of likely N-dealkylation sites (N-methyl/N-ethyl adjacent to an activating group) is 1. The fourth-order valence-electron chi connectivity index (χ4n) is 1.74. The number of carbonyl (C=O) groups is 3. The maximum absolute atomic E-state index is 12.9. The molecule has 0 radical (unpaired) electrons. The van der Waals surface area contributed by atoms with Crippen molar-refractivity contribution < 1.29 is 32.7 Å². The van der Waals surface area contributed by atoms with Gasteiger partial charge in [-0.25, -0.2) is 4.79 Å².